The van der Waals surface area contributed by atoms with E-state index in [1.54, 1.807) is 0 Å². The third-order valence-electron chi connectivity index (χ3n) is 4.92. The number of benzene rings is 2. The van der Waals surface area contributed by atoms with Crippen molar-refractivity contribution in [2.75, 3.05) is 18.4 Å². The molecule has 2 aromatic rings. The van der Waals surface area contributed by atoms with Gasteiger partial charge in [-0.05, 0) is 61.3 Å². The Kier molecular flexibility index (Phi) is 6.65. The third kappa shape index (κ3) is 5.53. The standard InChI is InChI=1S/C21H22ClFN2O3/c22-19-12-17(23)5-4-16(19)11-20(26)24-18-3-1-2-14(10-18)13-25-8-6-15(7-9-25)21(27)28/h1-5,10,12,15H,6-9,11,13H2,(H,24,26)(H,27,28). The third-order valence-corrected chi connectivity index (χ3v) is 5.27. The molecule has 2 aromatic carbocycles. The summed E-state index contributed by atoms with van der Waals surface area (Å²) in [6, 6.07) is 11.6. The number of likely N-dealkylation sites (tertiary alicyclic amines) is 1. The molecule has 148 valence electrons. The highest BCUT2D eigenvalue weighted by Gasteiger charge is 2.24. The van der Waals surface area contributed by atoms with Gasteiger partial charge in [-0.2, -0.15) is 0 Å². The van der Waals surface area contributed by atoms with E-state index in [0.29, 0.717) is 30.6 Å². The first-order valence-corrected chi connectivity index (χ1v) is 9.56. The van der Waals surface area contributed by atoms with Crippen LogP contribution < -0.4 is 5.32 Å². The zero-order valence-electron chi connectivity index (χ0n) is 15.3. The molecule has 5 nitrogen and oxygen atoms in total. The first-order chi connectivity index (χ1) is 13.4. The molecule has 3 rings (SSSR count). The molecule has 1 aliphatic heterocycles. The number of halogens is 2. The fourth-order valence-electron chi connectivity index (χ4n) is 3.39. The lowest BCUT2D eigenvalue weighted by molar-refractivity contribution is -0.143. The van der Waals surface area contributed by atoms with E-state index in [0.717, 1.165) is 18.7 Å². The van der Waals surface area contributed by atoms with Gasteiger partial charge in [0.2, 0.25) is 5.91 Å². The number of piperidine rings is 1. The van der Waals surface area contributed by atoms with Crippen LogP contribution in [0, 0.1) is 11.7 Å². The fourth-order valence-corrected chi connectivity index (χ4v) is 3.62. The van der Waals surface area contributed by atoms with Gasteiger partial charge in [-0.3, -0.25) is 14.5 Å². The molecule has 1 fully saturated rings. The number of aliphatic carboxylic acids is 1. The van der Waals surface area contributed by atoms with Crippen LogP contribution >= 0.6 is 11.6 Å². The van der Waals surface area contributed by atoms with Gasteiger partial charge in [0.1, 0.15) is 5.82 Å². The number of nitrogens with one attached hydrogen (secondary N) is 1. The summed E-state index contributed by atoms with van der Waals surface area (Å²) >= 11 is 5.98. The van der Waals surface area contributed by atoms with Crippen LogP contribution in [0.1, 0.15) is 24.0 Å². The Morgan fingerprint density at radius 3 is 2.61 bits per heavy atom. The van der Waals surface area contributed by atoms with Gasteiger partial charge in [0, 0.05) is 17.3 Å². The van der Waals surface area contributed by atoms with Crippen molar-refractivity contribution < 1.29 is 19.1 Å². The Morgan fingerprint density at radius 2 is 1.93 bits per heavy atom. The van der Waals surface area contributed by atoms with E-state index in [1.165, 1.54) is 18.2 Å². The van der Waals surface area contributed by atoms with Gasteiger partial charge >= 0.3 is 5.97 Å². The fraction of sp³-hybridized carbons (Fsp3) is 0.333. The van der Waals surface area contributed by atoms with Crippen LogP contribution in [0.2, 0.25) is 5.02 Å². The van der Waals surface area contributed by atoms with Crippen molar-refractivity contribution >= 4 is 29.2 Å². The molecule has 0 aromatic heterocycles. The molecule has 0 unspecified atom stereocenters. The number of hydrogen-bond donors (Lipinski definition) is 2. The van der Waals surface area contributed by atoms with Crippen LogP contribution in [0.3, 0.4) is 0 Å². The van der Waals surface area contributed by atoms with Gasteiger partial charge in [-0.25, -0.2) is 4.39 Å². The van der Waals surface area contributed by atoms with Gasteiger partial charge in [-0.15, -0.1) is 0 Å². The van der Waals surface area contributed by atoms with E-state index in [9.17, 15) is 14.0 Å². The average Bonchev–Trinajstić information content (AvgIpc) is 2.65. The minimum absolute atomic E-state index is 0.0616. The van der Waals surface area contributed by atoms with Gasteiger partial charge in [0.15, 0.2) is 0 Å². The van der Waals surface area contributed by atoms with Crippen molar-refractivity contribution in [1.82, 2.24) is 4.90 Å². The molecule has 0 atom stereocenters. The topological polar surface area (TPSA) is 69.6 Å². The second kappa shape index (κ2) is 9.17. The maximum absolute atomic E-state index is 13.1. The number of carboxylic acids is 1. The smallest absolute Gasteiger partial charge is 0.306 e. The predicted octanol–water partition coefficient (Wildman–Crippen LogP) is 3.96. The Hall–Kier alpha value is -2.44. The summed E-state index contributed by atoms with van der Waals surface area (Å²) in [7, 11) is 0. The molecule has 2 N–H and O–H groups in total. The molecule has 1 aliphatic rings. The van der Waals surface area contributed by atoms with E-state index in [1.807, 2.05) is 24.3 Å². The van der Waals surface area contributed by atoms with Crippen LogP contribution in [-0.2, 0) is 22.6 Å². The molecule has 0 saturated carbocycles. The molecule has 0 radical (unpaired) electrons. The van der Waals surface area contributed by atoms with E-state index in [-0.39, 0.29) is 23.3 Å². The number of rotatable bonds is 6. The van der Waals surface area contributed by atoms with Crippen LogP contribution in [0.15, 0.2) is 42.5 Å². The molecular weight excluding hydrogens is 383 g/mol. The SMILES string of the molecule is O=C(Cc1ccc(F)cc1Cl)Nc1cccc(CN2CCC(C(=O)O)CC2)c1. The first-order valence-electron chi connectivity index (χ1n) is 9.18. The lowest BCUT2D eigenvalue weighted by Gasteiger charge is -2.30. The summed E-state index contributed by atoms with van der Waals surface area (Å²) in [5.41, 5.74) is 2.30. The van der Waals surface area contributed by atoms with Crippen LogP contribution in [-0.4, -0.2) is 35.0 Å². The number of carbonyl (C=O) groups excluding carboxylic acids is 1. The lowest BCUT2D eigenvalue weighted by atomic mass is 9.97. The zero-order chi connectivity index (χ0) is 20.1. The monoisotopic (exact) mass is 404 g/mol. The summed E-state index contributed by atoms with van der Waals surface area (Å²) in [4.78, 5) is 25.6. The van der Waals surface area contributed by atoms with Crippen molar-refractivity contribution in [3.05, 3.63) is 64.4 Å². The second-order valence-corrected chi connectivity index (χ2v) is 7.46. The van der Waals surface area contributed by atoms with Crippen LogP contribution in [0.5, 0.6) is 0 Å². The Bertz CT molecular complexity index is 866. The Balaban J connectivity index is 1.56. The van der Waals surface area contributed by atoms with E-state index < -0.39 is 11.8 Å². The number of carbonyl (C=O) groups is 2. The number of amides is 1. The van der Waals surface area contributed by atoms with Crippen molar-refractivity contribution in [2.24, 2.45) is 5.92 Å². The van der Waals surface area contributed by atoms with Crippen molar-refractivity contribution in [3.8, 4) is 0 Å². The van der Waals surface area contributed by atoms with Gasteiger partial charge in [0.25, 0.3) is 0 Å². The summed E-state index contributed by atoms with van der Waals surface area (Å²) in [5, 5.41) is 12.2. The molecule has 1 saturated heterocycles. The number of carboxylic acid groups (broad SMARTS) is 1. The molecule has 1 amide bonds. The Morgan fingerprint density at radius 1 is 1.18 bits per heavy atom. The van der Waals surface area contributed by atoms with E-state index in [4.69, 9.17) is 16.7 Å². The molecule has 0 spiro atoms. The molecular formula is C21H22ClFN2O3. The maximum Gasteiger partial charge on any atom is 0.306 e. The maximum atomic E-state index is 13.1. The minimum atomic E-state index is -0.717. The molecule has 7 heteroatoms. The zero-order valence-corrected chi connectivity index (χ0v) is 16.1. The highest BCUT2D eigenvalue weighted by atomic mass is 35.5. The lowest BCUT2D eigenvalue weighted by Crippen LogP contribution is -2.35. The summed E-state index contributed by atoms with van der Waals surface area (Å²) < 4.78 is 13.1. The molecule has 0 bridgehead atoms. The van der Waals surface area contributed by atoms with Crippen molar-refractivity contribution in [2.45, 2.75) is 25.8 Å². The molecule has 1 heterocycles. The summed E-state index contributed by atoms with van der Waals surface area (Å²) in [5.74, 6) is -1.63. The Labute approximate surface area is 168 Å². The molecule has 28 heavy (non-hydrogen) atoms. The van der Waals surface area contributed by atoms with Gasteiger partial charge in [-0.1, -0.05) is 29.8 Å². The molecule has 0 aliphatic carbocycles. The number of anilines is 1. The van der Waals surface area contributed by atoms with Crippen LogP contribution in [0.4, 0.5) is 10.1 Å². The van der Waals surface area contributed by atoms with Crippen molar-refractivity contribution in [3.63, 3.8) is 0 Å². The first kappa shape index (κ1) is 20.3. The summed E-state index contributed by atoms with van der Waals surface area (Å²) in [6.07, 6.45) is 1.38. The van der Waals surface area contributed by atoms with E-state index in [2.05, 4.69) is 10.2 Å². The second-order valence-electron chi connectivity index (χ2n) is 7.05. The van der Waals surface area contributed by atoms with Crippen molar-refractivity contribution in [1.29, 1.82) is 0 Å². The minimum Gasteiger partial charge on any atom is -0.481 e. The van der Waals surface area contributed by atoms with Crippen LogP contribution in [0.25, 0.3) is 0 Å². The average molecular weight is 405 g/mol. The largest absolute Gasteiger partial charge is 0.481 e. The quantitative estimate of drug-likeness (QED) is 0.764. The number of nitrogens with zero attached hydrogens (tertiary/aromatic N) is 1. The highest BCUT2D eigenvalue weighted by molar-refractivity contribution is 6.31. The normalized spacial score (nSPS) is 15.4. The predicted molar refractivity (Wildman–Crippen MR) is 106 cm³/mol. The highest BCUT2D eigenvalue weighted by Crippen LogP contribution is 2.21. The summed E-state index contributed by atoms with van der Waals surface area (Å²) in [6.45, 7) is 2.20. The van der Waals surface area contributed by atoms with Gasteiger partial charge in [0.05, 0.1) is 12.3 Å². The van der Waals surface area contributed by atoms with Gasteiger partial charge < -0.3 is 10.4 Å². The van der Waals surface area contributed by atoms with E-state index >= 15 is 0 Å². The number of hydrogen-bond acceptors (Lipinski definition) is 3.